The third-order valence-electron chi connectivity index (χ3n) is 3.99. The SMILES string of the molecule is CCNC(=NCC(O)c1cc(OC)ccc1OC)NC1CC1C.I. The van der Waals surface area contributed by atoms with Gasteiger partial charge in [0.15, 0.2) is 5.96 Å². The Morgan fingerprint density at radius 1 is 1.38 bits per heavy atom. The van der Waals surface area contributed by atoms with Crippen LogP contribution in [0.2, 0.25) is 0 Å². The van der Waals surface area contributed by atoms with Crippen molar-refractivity contribution < 1.29 is 14.6 Å². The van der Waals surface area contributed by atoms with E-state index in [0.717, 1.165) is 18.9 Å². The van der Waals surface area contributed by atoms with Crippen LogP contribution in [0.5, 0.6) is 11.5 Å². The van der Waals surface area contributed by atoms with Gasteiger partial charge in [-0.15, -0.1) is 24.0 Å². The number of aliphatic hydroxyl groups excluding tert-OH is 1. The summed E-state index contributed by atoms with van der Waals surface area (Å²) in [5.74, 6) is 2.73. The van der Waals surface area contributed by atoms with Gasteiger partial charge < -0.3 is 25.2 Å². The molecule has 1 fully saturated rings. The average molecular weight is 449 g/mol. The fourth-order valence-corrected chi connectivity index (χ4v) is 2.39. The van der Waals surface area contributed by atoms with Crippen molar-refractivity contribution in [3.8, 4) is 11.5 Å². The number of methoxy groups -OCH3 is 2. The van der Waals surface area contributed by atoms with Gasteiger partial charge >= 0.3 is 0 Å². The van der Waals surface area contributed by atoms with Crippen LogP contribution in [0.25, 0.3) is 0 Å². The molecule has 2 rings (SSSR count). The van der Waals surface area contributed by atoms with Crippen LogP contribution in [-0.4, -0.2) is 44.4 Å². The number of rotatable bonds is 7. The van der Waals surface area contributed by atoms with E-state index in [-0.39, 0.29) is 30.5 Å². The zero-order valence-electron chi connectivity index (χ0n) is 14.7. The second-order valence-electron chi connectivity index (χ2n) is 5.81. The highest BCUT2D eigenvalue weighted by atomic mass is 127. The average Bonchev–Trinajstić information content (AvgIpc) is 3.26. The zero-order chi connectivity index (χ0) is 16.8. The third-order valence-corrected chi connectivity index (χ3v) is 3.99. The normalized spacial score (nSPS) is 20.6. The number of benzene rings is 1. The van der Waals surface area contributed by atoms with Gasteiger partial charge in [0.25, 0.3) is 0 Å². The highest BCUT2D eigenvalue weighted by molar-refractivity contribution is 14.0. The van der Waals surface area contributed by atoms with Crippen molar-refractivity contribution in [1.82, 2.24) is 10.6 Å². The lowest BCUT2D eigenvalue weighted by atomic mass is 10.1. The van der Waals surface area contributed by atoms with E-state index < -0.39 is 6.10 Å². The molecule has 1 aliphatic rings. The molecule has 0 saturated heterocycles. The van der Waals surface area contributed by atoms with Gasteiger partial charge in [0.05, 0.1) is 20.8 Å². The first kappa shape index (κ1) is 20.8. The summed E-state index contributed by atoms with van der Waals surface area (Å²) >= 11 is 0. The molecule has 0 heterocycles. The van der Waals surface area contributed by atoms with Crippen molar-refractivity contribution in [2.24, 2.45) is 10.9 Å². The first-order valence-electron chi connectivity index (χ1n) is 8.03. The van der Waals surface area contributed by atoms with E-state index in [4.69, 9.17) is 9.47 Å². The summed E-state index contributed by atoms with van der Waals surface area (Å²) in [5, 5.41) is 17.0. The zero-order valence-corrected chi connectivity index (χ0v) is 17.0. The summed E-state index contributed by atoms with van der Waals surface area (Å²) in [7, 11) is 3.18. The summed E-state index contributed by atoms with van der Waals surface area (Å²) in [6.07, 6.45) is 0.406. The molecule has 1 aromatic rings. The first-order chi connectivity index (χ1) is 11.1. The number of aliphatic hydroxyl groups is 1. The van der Waals surface area contributed by atoms with Crippen LogP contribution in [-0.2, 0) is 0 Å². The summed E-state index contributed by atoms with van der Waals surface area (Å²) in [4.78, 5) is 4.48. The standard InChI is InChI=1S/C17H27N3O3.HI/c1-5-18-17(20-14-8-11(14)2)19-10-15(21)13-9-12(22-3)6-7-16(13)23-4;/h6-7,9,11,14-15,21H,5,8,10H2,1-4H3,(H2,18,19,20);1H. The van der Waals surface area contributed by atoms with Gasteiger partial charge in [-0.25, -0.2) is 0 Å². The minimum Gasteiger partial charge on any atom is -0.497 e. The molecule has 0 aromatic heterocycles. The molecular weight excluding hydrogens is 421 g/mol. The van der Waals surface area contributed by atoms with E-state index in [1.54, 1.807) is 32.4 Å². The minimum absolute atomic E-state index is 0. The molecule has 1 aliphatic carbocycles. The van der Waals surface area contributed by atoms with E-state index >= 15 is 0 Å². The maximum Gasteiger partial charge on any atom is 0.191 e. The van der Waals surface area contributed by atoms with Crippen molar-refractivity contribution in [3.05, 3.63) is 23.8 Å². The molecule has 0 aliphatic heterocycles. The molecule has 3 unspecified atom stereocenters. The van der Waals surface area contributed by atoms with Gasteiger partial charge in [-0.05, 0) is 37.5 Å². The van der Waals surface area contributed by atoms with Crippen LogP contribution < -0.4 is 20.1 Å². The van der Waals surface area contributed by atoms with E-state index in [1.165, 1.54) is 0 Å². The fourth-order valence-electron chi connectivity index (χ4n) is 2.39. The minimum atomic E-state index is -0.757. The Morgan fingerprint density at radius 3 is 2.62 bits per heavy atom. The predicted molar refractivity (Wildman–Crippen MR) is 107 cm³/mol. The smallest absolute Gasteiger partial charge is 0.191 e. The molecule has 1 aromatic carbocycles. The highest BCUT2D eigenvalue weighted by Crippen LogP contribution is 2.30. The number of nitrogens with zero attached hydrogens (tertiary/aromatic N) is 1. The highest BCUT2D eigenvalue weighted by Gasteiger charge is 2.33. The Morgan fingerprint density at radius 2 is 2.08 bits per heavy atom. The lowest BCUT2D eigenvalue weighted by Gasteiger charge is -2.16. The van der Waals surface area contributed by atoms with E-state index in [9.17, 15) is 5.11 Å². The van der Waals surface area contributed by atoms with Crippen LogP contribution in [0.4, 0.5) is 0 Å². The molecule has 0 amide bonds. The topological polar surface area (TPSA) is 75.1 Å². The maximum atomic E-state index is 10.5. The first-order valence-corrected chi connectivity index (χ1v) is 8.03. The molecule has 136 valence electrons. The molecule has 1 saturated carbocycles. The van der Waals surface area contributed by atoms with Crippen molar-refractivity contribution in [1.29, 1.82) is 0 Å². The Bertz CT molecular complexity index is 554. The largest absolute Gasteiger partial charge is 0.497 e. The van der Waals surface area contributed by atoms with Crippen molar-refractivity contribution in [2.45, 2.75) is 32.4 Å². The van der Waals surface area contributed by atoms with Crippen molar-refractivity contribution >= 4 is 29.9 Å². The maximum absolute atomic E-state index is 10.5. The number of hydrogen-bond donors (Lipinski definition) is 3. The quantitative estimate of drug-likeness (QED) is 0.339. The van der Waals surface area contributed by atoms with Gasteiger partial charge in [-0.2, -0.15) is 0 Å². The molecule has 0 bridgehead atoms. The number of halogens is 1. The van der Waals surface area contributed by atoms with Crippen LogP contribution >= 0.6 is 24.0 Å². The van der Waals surface area contributed by atoms with Gasteiger partial charge in [0.1, 0.15) is 17.6 Å². The molecule has 7 heteroatoms. The molecule has 3 atom stereocenters. The van der Waals surface area contributed by atoms with Crippen LogP contribution in [0.3, 0.4) is 0 Å². The number of ether oxygens (including phenoxy) is 2. The van der Waals surface area contributed by atoms with E-state index in [2.05, 4.69) is 22.5 Å². The fraction of sp³-hybridized carbons (Fsp3) is 0.588. The van der Waals surface area contributed by atoms with Crippen LogP contribution in [0, 0.1) is 5.92 Å². The lowest BCUT2D eigenvalue weighted by Crippen LogP contribution is -2.39. The molecular formula is C17H28IN3O3. The third kappa shape index (κ3) is 5.70. The van der Waals surface area contributed by atoms with Gasteiger partial charge in [0.2, 0.25) is 0 Å². The number of guanidine groups is 1. The van der Waals surface area contributed by atoms with Gasteiger partial charge in [0, 0.05) is 18.2 Å². The Kier molecular flexibility index (Phi) is 8.61. The number of nitrogens with one attached hydrogen (secondary N) is 2. The summed E-state index contributed by atoms with van der Waals surface area (Å²) < 4.78 is 10.5. The van der Waals surface area contributed by atoms with E-state index in [0.29, 0.717) is 29.0 Å². The van der Waals surface area contributed by atoms with Crippen LogP contribution in [0.15, 0.2) is 23.2 Å². The Balaban J connectivity index is 0.00000288. The second kappa shape index (κ2) is 9.93. The summed E-state index contributed by atoms with van der Waals surface area (Å²) in [6, 6.07) is 5.85. The molecule has 6 nitrogen and oxygen atoms in total. The van der Waals surface area contributed by atoms with E-state index in [1.807, 2.05) is 6.92 Å². The molecule has 3 N–H and O–H groups in total. The Hall–Kier alpha value is -1.22. The van der Waals surface area contributed by atoms with Gasteiger partial charge in [-0.3, -0.25) is 4.99 Å². The van der Waals surface area contributed by atoms with Gasteiger partial charge in [-0.1, -0.05) is 6.92 Å². The van der Waals surface area contributed by atoms with Crippen molar-refractivity contribution in [3.63, 3.8) is 0 Å². The molecule has 0 radical (unpaired) electrons. The summed E-state index contributed by atoms with van der Waals surface area (Å²) in [6.45, 7) is 5.26. The predicted octanol–water partition coefficient (Wildman–Crippen LogP) is 2.32. The second-order valence-corrected chi connectivity index (χ2v) is 5.81. The summed E-state index contributed by atoms with van der Waals surface area (Å²) in [5.41, 5.74) is 0.672. The van der Waals surface area contributed by atoms with Crippen LogP contribution in [0.1, 0.15) is 31.9 Å². The molecule has 24 heavy (non-hydrogen) atoms. The van der Waals surface area contributed by atoms with Crippen molar-refractivity contribution in [2.75, 3.05) is 27.3 Å². The monoisotopic (exact) mass is 449 g/mol. The molecule has 0 spiro atoms. The Labute approximate surface area is 161 Å². The number of hydrogen-bond acceptors (Lipinski definition) is 4. The lowest BCUT2D eigenvalue weighted by molar-refractivity contribution is 0.182. The number of aliphatic imine (C=N–C) groups is 1.